The van der Waals surface area contributed by atoms with Gasteiger partial charge in [-0.2, -0.15) is 0 Å². The minimum absolute atomic E-state index is 0.224. The van der Waals surface area contributed by atoms with E-state index in [0.29, 0.717) is 47.2 Å². The minimum Gasteiger partial charge on any atom is -0.493 e. The molecule has 0 bridgehead atoms. The van der Waals surface area contributed by atoms with Crippen LogP contribution in [0.5, 0.6) is 11.5 Å². The normalized spacial score (nSPS) is 12.4. The number of carbonyl (C=O) groups excluding carboxylic acids is 2. The lowest BCUT2D eigenvalue weighted by Crippen LogP contribution is -2.28. The number of anilines is 2. The van der Waals surface area contributed by atoms with E-state index in [1.807, 2.05) is 74.5 Å². The van der Waals surface area contributed by atoms with E-state index in [2.05, 4.69) is 83.4 Å². The van der Waals surface area contributed by atoms with Crippen molar-refractivity contribution in [3.05, 3.63) is 179 Å². The van der Waals surface area contributed by atoms with Crippen molar-refractivity contribution in [2.75, 3.05) is 23.8 Å². The fourth-order valence-corrected chi connectivity index (χ4v) is 7.01. The van der Waals surface area contributed by atoms with Crippen LogP contribution in [0.25, 0.3) is 11.1 Å². The smallest absolute Gasteiger partial charge is 0.259 e. The highest BCUT2D eigenvalue weighted by Crippen LogP contribution is 2.56. The lowest BCUT2D eigenvalue weighted by molar-refractivity contribution is 0.101. The monoisotopic (exact) mass is 672 g/mol. The molecule has 2 N–H and O–H groups in total. The van der Waals surface area contributed by atoms with Gasteiger partial charge in [-0.3, -0.25) is 9.59 Å². The molecule has 0 unspecified atom stereocenters. The predicted octanol–water partition coefficient (Wildman–Crippen LogP) is 10.1. The number of hydrogen-bond acceptors (Lipinski definition) is 4. The summed E-state index contributed by atoms with van der Waals surface area (Å²) in [7, 11) is 0. The molecular formula is C45H40N2O4. The maximum Gasteiger partial charge on any atom is 0.259 e. The topological polar surface area (TPSA) is 76.7 Å². The van der Waals surface area contributed by atoms with Crippen molar-refractivity contribution in [3.63, 3.8) is 0 Å². The molecule has 2 amide bonds. The Kier molecular flexibility index (Phi) is 9.66. The molecule has 6 nitrogen and oxygen atoms in total. The van der Waals surface area contributed by atoms with E-state index in [1.54, 1.807) is 12.1 Å². The number of amides is 2. The predicted molar refractivity (Wildman–Crippen MR) is 204 cm³/mol. The fourth-order valence-electron chi connectivity index (χ4n) is 7.01. The third-order valence-electron chi connectivity index (χ3n) is 9.29. The highest BCUT2D eigenvalue weighted by Gasteiger charge is 2.45. The van der Waals surface area contributed by atoms with Crippen LogP contribution in [0.2, 0.25) is 0 Å². The Balaban J connectivity index is 1.24. The first-order valence-electron chi connectivity index (χ1n) is 17.5. The van der Waals surface area contributed by atoms with E-state index in [1.165, 1.54) is 22.3 Å². The largest absolute Gasteiger partial charge is 0.493 e. The summed E-state index contributed by atoms with van der Waals surface area (Å²) in [6.07, 6.45) is 1.71. The van der Waals surface area contributed by atoms with Gasteiger partial charge >= 0.3 is 0 Å². The lowest BCUT2D eigenvalue weighted by Gasteiger charge is -2.34. The van der Waals surface area contributed by atoms with Gasteiger partial charge in [-0.15, -0.1) is 0 Å². The van der Waals surface area contributed by atoms with E-state index < -0.39 is 5.41 Å². The van der Waals surface area contributed by atoms with Gasteiger partial charge in [-0.05, 0) is 94.8 Å². The third kappa shape index (κ3) is 6.37. The van der Waals surface area contributed by atoms with E-state index in [9.17, 15) is 9.59 Å². The van der Waals surface area contributed by atoms with Gasteiger partial charge in [-0.25, -0.2) is 0 Å². The van der Waals surface area contributed by atoms with Crippen molar-refractivity contribution in [3.8, 4) is 22.6 Å². The van der Waals surface area contributed by atoms with Crippen LogP contribution in [0.3, 0.4) is 0 Å². The lowest BCUT2D eigenvalue weighted by atomic mass is 9.67. The molecule has 6 aromatic rings. The summed E-state index contributed by atoms with van der Waals surface area (Å²) in [6, 6.07) is 47.9. The van der Waals surface area contributed by atoms with Gasteiger partial charge in [0.1, 0.15) is 11.5 Å². The third-order valence-corrected chi connectivity index (χ3v) is 9.29. The molecule has 7 rings (SSSR count). The van der Waals surface area contributed by atoms with Crippen molar-refractivity contribution in [2.45, 2.75) is 32.1 Å². The number of para-hydroxylation sites is 2. The molecular weight excluding hydrogens is 633 g/mol. The van der Waals surface area contributed by atoms with Crippen LogP contribution in [0, 0.1) is 0 Å². The van der Waals surface area contributed by atoms with Crippen LogP contribution in [0.1, 0.15) is 69.7 Å². The van der Waals surface area contributed by atoms with Crippen LogP contribution < -0.4 is 20.1 Å². The van der Waals surface area contributed by atoms with Gasteiger partial charge in [0, 0.05) is 11.4 Å². The van der Waals surface area contributed by atoms with Crippen molar-refractivity contribution in [1.29, 1.82) is 0 Å². The summed E-state index contributed by atoms with van der Waals surface area (Å²) in [5.74, 6) is 0.691. The van der Waals surface area contributed by atoms with E-state index in [-0.39, 0.29) is 11.8 Å². The molecule has 0 fully saturated rings. The highest BCUT2D eigenvalue weighted by molar-refractivity contribution is 6.07. The maximum atomic E-state index is 13.4. The Morgan fingerprint density at radius 2 is 0.863 bits per heavy atom. The second-order valence-electron chi connectivity index (χ2n) is 12.6. The van der Waals surface area contributed by atoms with Crippen molar-refractivity contribution in [2.24, 2.45) is 0 Å². The van der Waals surface area contributed by atoms with Crippen molar-refractivity contribution >= 4 is 23.2 Å². The molecule has 0 radical (unpaired) electrons. The van der Waals surface area contributed by atoms with E-state index in [4.69, 9.17) is 9.47 Å². The number of benzene rings is 6. The molecule has 6 heteroatoms. The molecule has 6 aromatic carbocycles. The molecule has 254 valence electrons. The van der Waals surface area contributed by atoms with Crippen LogP contribution in [0.4, 0.5) is 11.4 Å². The Labute approximate surface area is 299 Å². The van der Waals surface area contributed by atoms with Crippen LogP contribution >= 0.6 is 0 Å². The molecule has 0 saturated carbocycles. The second-order valence-corrected chi connectivity index (χ2v) is 12.6. The molecule has 0 spiro atoms. The molecule has 0 atom stereocenters. The number of ether oxygens (including phenoxy) is 2. The Bertz CT molecular complexity index is 2020. The quantitative estimate of drug-likeness (QED) is 0.135. The van der Waals surface area contributed by atoms with Gasteiger partial charge in [0.15, 0.2) is 0 Å². The van der Waals surface area contributed by atoms with Crippen LogP contribution in [0.15, 0.2) is 146 Å². The highest BCUT2D eigenvalue weighted by atomic mass is 16.5. The first-order valence-corrected chi connectivity index (χ1v) is 17.5. The number of fused-ring (bicyclic) bond motifs is 3. The summed E-state index contributed by atoms with van der Waals surface area (Å²) in [4.78, 5) is 26.8. The van der Waals surface area contributed by atoms with Gasteiger partial charge in [0.2, 0.25) is 0 Å². The number of carbonyl (C=O) groups is 2. The zero-order chi connectivity index (χ0) is 35.2. The van der Waals surface area contributed by atoms with Crippen molar-refractivity contribution < 1.29 is 19.1 Å². The average molecular weight is 673 g/mol. The summed E-state index contributed by atoms with van der Waals surface area (Å²) in [6.45, 7) is 5.16. The zero-order valence-electron chi connectivity index (χ0n) is 28.8. The maximum absolute atomic E-state index is 13.4. The van der Waals surface area contributed by atoms with Gasteiger partial charge in [0.05, 0.1) is 29.8 Å². The average Bonchev–Trinajstić information content (AvgIpc) is 3.48. The van der Waals surface area contributed by atoms with E-state index >= 15 is 0 Å². The molecule has 0 saturated heterocycles. The molecule has 0 heterocycles. The Morgan fingerprint density at radius 3 is 1.27 bits per heavy atom. The molecule has 0 aliphatic heterocycles. The number of nitrogens with one attached hydrogen (secondary N) is 2. The Morgan fingerprint density at radius 1 is 0.490 bits per heavy atom. The summed E-state index contributed by atoms with van der Waals surface area (Å²) in [5, 5.41) is 6.14. The first-order chi connectivity index (χ1) is 25.0. The van der Waals surface area contributed by atoms with Gasteiger partial charge in [-0.1, -0.05) is 111 Å². The van der Waals surface area contributed by atoms with Crippen LogP contribution in [-0.4, -0.2) is 25.0 Å². The summed E-state index contributed by atoms with van der Waals surface area (Å²) in [5.41, 5.74) is 8.53. The molecule has 1 aliphatic rings. The second kappa shape index (κ2) is 14.8. The number of hydrogen-bond donors (Lipinski definition) is 2. The first kappa shape index (κ1) is 33.4. The fraction of sp³-hybridized carbons (Fsp3) is 0.156. The van der Waals surface area contributed by atoms with Crippen molar-refractivity contribution in [1.82, 2.24) is 0 Å². The Hall–Kier alpha value is -6.14. The van der Waals surface area contributed by atoms with Crippen LogP contribution in [-0.2, 0) is 5.41 Å². The number of rotatable bonds is 12. The van der Waals surface area contributed by atoms with Gasteiger partial charge < -0.3 is 20.1 Å². The standard InChI is InChI=1S/C45H40N2O4/c1-3-29-50-41-19-11-7-15-37(41)43(48)46-33-25-21-31(22-26-33)45(39-17-9-5-13-35(39)36-14-6-10-18-40(36)45)32-23-27-34(28-24-32)47-44(49)38-16-8-12-20-42(38)51-30-4-2/h5-28H,3-4,29-30H2,1-2H3,(H,46,48)(H,47,49). The SMILES string of the molecule is CCCOc1ccccc1C(=O)Nc1ccc(C2(c3ccc(NC(=O)c4ccccc4OCCC)cc3)c3ccccc3-c3ccccc32)cc1. The summed E-state index contributed by atoms with van der Waals surface area (Å²) >= 11 is 0. The van der Waals surface area contributed by atoms with Gasteiger partial charge in [0.25, 0.3) is 11.8 Å². The molecule has 1 aliphatic carbocycles. The molecule has 0 aromatic heterocycles. The summed E-state index contributed by atoms with van der Waals surface area (Å²) < 4.78 is 11.7. The van der Waals surface area contributed by atoms with E-state index in [0.717, 1.165) is 24.0 Å². The minimum atomic E-state index is -0.639. The molecule has 51 heavy (non-hydrogen) atoms. The zero-order valence-corrected chi connectivity index (χ0v) is 28.8.